The van der Waals surface area contributed by atoms with Gasteiger partial charge in [0, 0.05) is 0 Å². The molecule has 0 aromatic heterocycles. The summed E-state index contributed by atoms with van der Waals surface area (Å²) >= 11 is 0. The van der Waals surface area contributed by atoms with Gasteiger partial charge in [-0.1, -0.05) is 46.3 Å². The van der Waals surface area contributed by atoms with E-state index >= 15 is 0 Å². The molecule has 10 atom stereocenters. The van der Waals surface area contributed by atoms with Crippen LogP contribution in [0.5, 0.6) is 0 Å². The molecule has 4 aliphatic rings. The zero-order valence-electron chi connectivity index (χ0n) is 20.0. The van der Waals surface area contributed by atoms with Gasteiger partial charge in [-0.25, -0.2) is 0 Å². The predicted molar refractivity (Wildman–Crippen MR) is 122 cm³/mol. The van der Waals surface area contributed by atoms with Crippen molar-refractivity contribution in [1.29, 1.82) is 0 Å². The van der Waals surface area contributed by atoms with E-state index in [1.165, 1.54) is 18.4 Å². The molecule has 0 saturated heterocycles. The fourth-order valence-electron chi connectivity index (χ4n) is 8.65. The maximum Gasteiger partial charge on any atom is 0.0580 e. The second-order valence-corrected chi connectivity index (χ2v) is 12.4. The quantitative estimate of drug-likeness (QED) is 0.529. The standard InChI is InChI=1S/C27H46O3/c1-16(2)6-9-23(29)17(3)25-24(30)15-22-20-8-7-18-14-19(28)10-12-26(18,4)21(20)11-13-27(22,25)5/h7,16-17,19-25,28-30H,6,8-15H2,1-5H3/t17-,19+,20-,21+,22+,23+,24?,25+,26+,27+/m1/s1. The van der Waals surface area contributed by atoms with Gasteiger partial charge >= 0.3 is 0 Å². The molecule has 3 N–H and O–H groups in total. The summed E-state index contributed by atoms with van der Waals surface area (Å²) in [5.41, 5.74) is 1.89. The van der Waals surface area contributed by atoms with Crippen LogP contribution in [0.25, 0.3) is 0 Å². The number of hydrogen-bond donors (Lipinski definition) is 3. The molecule has 0 aliphatic heterocycles. The molecule has 172 valence electrons. The highest BCUT2D eigenvalue weighted by Gasteiger charge is 2.62. The third-order valence-electron chi connectivity index (χ3n) is 10.4. The number of allylic oxidation sites excluding steroid dienone is 1. The number of hydrogen-bond acceptors (Lipinski definition) is 3. The number of aliphatic hydroxyl groups is 3. The van der Waals surface area contributed by atoms with E-state index in [-0.39, 0.29) is 41.0 Å². The Labute approximate surface area is 184 Å². The van der Waals surface area contributed by atoms with Crippen molar-refractivity contribution in [3.05, 3.63) is 11.6 Å². The molecule has 0 radical (unpaired) electrons. The fraction of sp³-hybridized carbons (Fsp3) is 0.926. The molecule has 4 rings (SSSR count). The van der Waals surface area contributed by atoms with E-state index in [1.54, 1.807) is 0 Å². The van der Waals surface area contributed by atoms with Gasteiger partial charge in [0.1, 0.15) is 0 Å². The van der Waals surface area contributed by atoms with E-state index in [0.717, 1.165) is 44.9 Å². The summed E-state index contributed by atoms with van der Waals surface area (Å²) in [6.45, 7) is 11.5. The Kier molecular flexibility index (Phi) is 6.23. The fourth-order valence-corrected chi connectivity index (χ4v) is 8.65. The average Bonchev–Trinajstić information content (AvgIpc) is 2.96. The SMILES string of the molecule is CC(C)CC[C@H](O)[C@@H](C)[C@H]1C(O)C[C@H]2[C@@H]3CC=C4C[C@@H](O)CC[C@]4(C)[C@H]3CC[C@]12C. The van der Waals surface area contributed by atoms with E-state index in [4.69, 9.17) is 0 Å². The van der Waals surface area contributed by atoms with Gasteiger partial charge in [-0.15, -0.1) is 0 Å². The maximum absolute atomic E-state index is 11.2. The summed E-state index contributed by atoms with van der Waals surface area (Å²) in [4.78, 5) is 0. The highest BCUT2D eigenvalue weighted by Crippen LogP contribution is 2.67. The zero-order valence-corrected chi connectivity index (χ0v) is 20.0. The van der Waals surface area contributed by atoms with E-state index in [2.05, 4.69) is 40.7 Å². The molecule has 0 aromatic rings. The topological polar surface area (TPSA) is 60.7 Å². The van der Waals surface area contributed by atoms with Crippen LogP contribution in [0.15, 0.2) is 11.6 Å². The van der Waals surface area contributed by atoms with Crippen LogP contribution < -0.4 is 0 Å². The Morgan fingerprint density at radius 3 is 2.47 bits per heavy atom. The molecule has 0 aromatic carbocycles. The monoisotopic (exact) mass is 418 g/mol. The van der Waals surface area contributed by atoms with Crippen LogP contribution in [0.2, 0.25) is 0 Å². The number of aliphatic hydroxyl groups excluding tert-OH is 3. The molecule has 30 heavy (non-hydrogen) atoms. The first kappa shape index (κ1) is 22.8. The molecule has 0 heterocycles. The van der Waals surface area contributed by atoms with Crippen molar-refractivity contribution in [1.82, 2.24) is 0 Å². The Bertz CT molecular complexity index is 656. The summed E-state index contributed by atoms with van der Waals surface area (Å²) in [6, 6.07) is 0. The summed E-state index contributed by atoms with van der Waals surface area (Å²) in [6.07, 6.45) is 11.0. The molecule has 0 bridgehead atoms. The maximum atomic E-state index is 11.2. The number of rotatable bonds is 5. The third-order valence-corrected chi connectivity index (χ3v) is 10.4. The summed E-state index contributed by atoms with van der Waals surface area (Å²) in [5.74, 6) is 2.86. The van der Waals surface area contributed by atoms with Gasteiger partial charge in [0.15, 0.2) is 0 Å². The van der Waals surface area contributed by atoms with Gasteiger partial charge in [0.25, 0.3) is 0 Å². The van der Waals surface area contributed by atoms with Gasteiger partial charge in [0.05, 0.1) is 18.3 Å². The third kappa shape index (κ3) is 3.61. The first-order valence-electron chi connectivity index (χ1n) is 12.8. The Balaban J connectivity index is 1.56. The first-order chi connectivity index (χ1) is 14.1. The highest BCUT2D eigenvalue weighted by molar-refractivity contribution is 5.25. The molecule has 0 spiro atoms. The van der Waals surface area contributed by atoms with Crippen LogP contribution in [0.3, 0.4) is 0 Å². The van der Waals surface area contributed by atoms with Gasteiger partial charge < -0.3 is 15.3 Å². The predicted octanol–water partition coefficient (Wildman–Crippen LogP) is 5.33. The van der Waals surface area contributed by atoms with Crippen molar-refractivity contribution in [2.24, 2.45) is 46.3 Å². The van der Waals surface area contributed by atoms with E-state index < -0.39 is 0 Å². The van der Waals surface area contributed by atoms with Crippen LogP contribution >= 0.6 is 0 Å². The highest BCUT2D eigenvalue weighted by atomic mass is 16.3. The van der Waals surface area contributed by atoms with Gasteiger partial charge in [-0.05, 0) is 104 Å². The van der Waals surface area contributed by atoms with Crippen molar-refractivity contribution < 1.29 is 15.3 Å². The lowest BCUT2D eigenvalue weighted by atomic mass is 9.47. The van der Waals surface area contributed by atoms with Crippen molar-refractivity contribution in [2.45, 2.75) is 111 Å². The van der Waals surface area contributed by atoms with Crippen LogP contribution in [0.1, 0.15) is 92.4 Å². The minimum atomic E-state index is -0.310. The second kappa shape index (κ2) is 8.19. The molecule has 3 nitrogen and oxygen atoms in total. The van der Waals surface area contributed by atoms with Crippen LogP contribution in [-0.4, -0.2) is 33.6 Å². The molecule has 3 fully saturated rings. The molecule has 1 unspecified atom stereocenters. The Morgan fingerprint density at radius 1 is 1.03 bits per heavy atom. The molecule has 3 heteroatoms. The van der Waals surface area contributed by atoms with Gasteiger partial charge in [0.2, 0.25) is 0 Å². The first-order valence-corrected chi connectivity index (χ1v) is 12.8. The van der Waals surface area contributed by atoms with Gasteiger partial charge in [-0.3, -0.25) is 0 Å². The lowest BCUT2D eigenvalue weighted by Crippen LogP contribution is -2.51. The van der Waals surface area contributed by atoms with E-state index in [0.29, 0.717) is 23.7 Å². The normalized spacial score (nSPS) is 47.8. The van der Waals surface area contributed by atoms with Gasteiger partial charge in [-0.2, -0.15) is 0 Å². The summed E-state index contributed by atoms with van der Waals surface area (Å²) in [7, 11) is 0. The van der Waals surface area contributed by atoms with Crippen molar-refractivity contribution in [2.75, 3.05) is 0 Å². The molecule has 0 amide bonds. The lowest BCUT2D eigenvalue weighted by Gasteiger charge is -2.58. The van der Waals surface area contributed by atoms with Crippen molar-refractivity contribution >= 4 is 0 Å². The number of fused-ring (bicyclic) bond motifs is 5. The average molecular weight is 419 g/mol. The lowest BCUT2D eigenvalue weighted by molar-refractivity contribution is -0.0768. The Morgan fingerprint density at radius 2 is 1.77 bits per heavy atom. The smallest absolute Gasteiger partial charge is 0.0580 e. The minimum Gasteiger partial charge on any atom is -0.393 e. The van der Waals surface area contributed by atoms with E-state index in [1.807, 2.05) is 0 Å². The summed E-state index contributed by atoms with van der Waals surface area (Å²) < 4.78 is 0. The summed E-state index contributed by atoms with van der Waals surface area (Å²) in [5, 5.41) is 32.4. The Hall–Kier alpha value is -0.380. The van der Waals surface area contributed by atoms with Crippen LogP contribution in [-0.2, 0) is 0 Å². The van der Waals surface area contributed by atoms with Crippen LogP contribution in [0.4, 0.5) is 0 Å². The molecular formula is C27H46O3. The largest absolute Gasteiger partial charge is 0.393 e. The molecule has 3 saturated carbocycles. The van der Waals surface area contributed by atoms with Crippen molar-refractivity contribution in [3.63, 3.8) is 0 Å². The zero-order chi connectivity index (χ0) is 21.8. The minimum absolute atomic E-state index is 0.134. The van der Waals surface area contributed by atoms with Crippen molar-refractivity contribution in [3.8, 4) is 0 Å². The molecular weight excluding hydrogens is 372 g/mol. The van der Waals surface area contributed by atoms with E-state index in [9.17, 15) is 15.3 Å². The van der Waals surface area contributed by atoms with Crippen LogP contribution in [0, 0.1) is 46.3 Å². The molecule has 4 aliphatic carbocycles. The second-order valence-electron chi connectivity index (χ2n) is 12.4.